The van der Waals surface area contributed by atoms with E-state index in [0.717, 1.165) is 62.2 Å². The molecule has 0 bridgehead atoms. The molecule has 0 aliphatic rings. The number of aryl methyl sites for hydroxylation is 1. The van der Waals surface area contributed by atoms with Gasteiger partial charge in [0.05, 0.1) is 12.2 Å². The van der Waals surface area contributed by atoms with Crippen molar-refractivity contribution in [3.8, 4) is 5.75 Å². The minimum Gasteiger partial charge on any atom is -0.494 e. The fraction of sp³-hybridized carbons (Fsp3) is 0.364. The van der Waals surface area contributed by atoms with E-state index in [9.17, 15) is 4.79 Å². The van der Waals surface area contributed by atoms with Gasteiger partial charge in [0.15, 0.2) is 11.5 Å². The standard InChI is InChI=1S/C22H26N2O4/c25-22(26)17-8-7-9-18(16-17)27-15-6-5-14-23-13-4-3-12-21-24-19-10-1-2-11-20(19)28-21/h1-2,7-11,16,23H,3-6,12-15H2,(H,25,26). The van der Waals surface area contributed by atoms with E-state index in [1.807, 2.05) is 24.3 Å². The average molecular weight is 382 g/mol. The second-order valence-electron chi connectivity index (χ2n) is 6.67. The Bertz CT molecular complexity index is 858. The highest BCUT2D eigenvalue weighted by Gasteiger charge is 2.05. The highest BCUT2D eigenvalue weighted by molar-refractivity contribution is 5.88. The van der Waals surface area contributed by atoms with Crippen LogP contribution in [0.15, 0.2) is 52.9 Å². The van der Waals surface area contributed by atoms with Gasteiger partial charge >= 0.3 is 5.97 Å². The lowest BCUT2D eigenvalue weighted by Gasteiger charge is -2.07. The lowest BCUT2D eigenvalue weighted by Crippen LogP contribution is -2.17. The third-order valence-electron chi connectivity index (χ3n) is 4.43. The van der Waals surface area contributed by atoms with Gasteiger partial charge in [0.25, 0.3) is 0 Å². The van der Waals surface area contributed by atoms with Crippen LogP contribution in [0.4, 0.5) is 0 Å². The number of para-hydroxylation sites is 2. The van der Waals surface area contributed by atoms with Crippen molar-refractivity contribution in [2.45, 2.75) is 32.1 Å². The van der Waals surface area contributed by atoms with E-state index in [0.29, 0.717) is 12.4 Å². The van der Waals surface area contributed by atoms with Crippen molar-refractivity contribution < 1.29 is 19.1 Å². The topological polar surface area (TPSA) is 84.6 Å². The number of rotatable bonds is 12. The number of ether oxygens (including phenoxy) is 1. The van der Waals surface area contributed by atoms with Crippen LogP contribution in [0.1, 0.15) is 41.9 Å². The third kappa shape index (κ3) is 6.09. The molecule has 3 rings (SSSR count). The maximum atomic E-state index is 10.9. The number of hydrogen-bond acceptors (Lipinski definition) is 5. The monoisotopic (exact) mass is 382 g/mol. The first-order chi connectivity index (χ1) is 13.7. The summed E-state index contributed by atoms with van der Waals surface area (Å²) in [6.07, 6.45) is 4.93. The molecule has 0 spiro atoms. The number of aromatic nitrogens is 1. The Balaban J connectivity index is 1.20. The van der Waals surface area contributed by atoms with Crippen molar-refractivity contribution in [1.82, 2.24) is 10.3 Å². The van der Waals surface area contributed by atoms with Crippen molar-refractivity contribution in [1.29, 1.82) is 0 Å². The van der Waals surface area contributed by atoms with Crippen LogP contribution in [0.3, 0.4) is 0 Å². The second-order valence-corrected chi connectivity index (χ2v) is 6.67. The number of nitrogens with zero attached hydrogens (tertiary/aromatic N) is 1. The molecule has 148 valence electrons. The van der Waals surface area contributed by atoms with Crippen LogP contribution in [-0.4, -0.2) is 35.8 Å². The number of carbonyl (C=O) groups is 1. The summed E-state index contributed by atoms with van der Waals surface area (Å²) < 4.78 is 11.3. The highest BCUT2D eigenvalue weighted by atomic mass is 16.5. The van der Waals surface area contributed by atoms with E-state index in [1.54, 1.807) is 24.3 Å². The fourth-order valence-corrected chi connectivity index (χ4v) is 2.94. The lowest BCUT2D eigenvalue weighted by atomic mass is 10.2. The van der Waals surface area contributed by atoms with E-state index in [-0.39, 0.29) is 5.56 Å². The summed E-state index contributed by atoms with van der Waals surface area (Å²) in [6.45, 7) is 2.51. The van der Waals surface area contributed by atoms with Crippen molar-refractivity contribution >= 4 is 17.1 Å². The molecule has 2 aromatic carbocycles. The summed E-state index contributed by atoms with van der Waals surface area (Å²) in [6, 6.07) is 14.4. The molecular weight excluding hydrogens is 356 g/mol. The minimum atomic E-state index is -0.939. The molecule has 2 N–H and O–H groups in total. The van der Waals surface area contributed by atoms with E-state index in [4.69, 9.17) is 14.3 Å². The number of fused-ring (bicyclic) bond motifs is 1. The van der Waals surface area contributed by atoms with Gasteiger partial charge in [0.1, 0.15) is 11.3 Å². The number of nitrogens with one attached hydrogen (secondary N) is 1. The number of hydrogen-bond donors (Lipinski definition) is 2. The molecule has 0 fully saturated rings. The molecule has 6 nitrogen and oxygen atoms in total. The zero-order valence-corrected chi connectivity index (χ0v) is 15.9. The number of aromatic carboxylic acids is 1. The number of oxazole rings is 1. The van der Waals surface area contributed by atoms with Crippen LogP contribution >= 0.6 is 0 Å². The molecule has 0 saturated carbocycles. The first-order valence-electron chi connectivity index (χ1n) is 9.74. The van der Waals surface area contributed by atoms with E-state index in [1.165, 1.54) is 0 Å². The summed E-state index contributed by atoms with van der Waals surface area (Å²) in [7, 11) is 0. The third-order valence-corrected chi connectivity index (χ3v) is 4.43. The molecular formula is C22H26N2O4. The first kappa shape index (κ1) is 19.9. The summed E-state index contributed by atoms with van der Waals surface area (Å²) in [4.78, 5) is 15.4. The van der Waals surface area contributed by atoms with Gasteiger partial charge in [0.2, 0.25) is 0 Å². The first-order valence-corrected chi connectivity index (χ1v) is 9.74. The van der Waals surface area contributed by atoms with Crippen molar-refractivity contribution in [3.05, 3.63) is 60.0 Å². The molecule has 0 saturated heterocycles. The van der Waals surface area contributed by atoms with Gasteiger partial charge in [-0.05, 0) is 69.1 Å². The fourth-order valence-electron chi connectivity index (χ4n) is 2.94. The molecule has 0 aliphatic carbocycles. The Morgan fingerprint density at radius 2 is 1.86 bits per heavy atom. The molecule has 6 heteroatoms. The minimum absolute atomic E-state index is 0.247. The maximum absolute atomic E-state index is 10.9. The van der Waals surface area contributed by atoms with Gasteiger partial charge in [-0.15, -0.1) is 0 Å². The summed E-state index contributed by atoms with van der Waals surface area (Å²) in [5.41, 5.74) is 2.03. The van der Waals surface area contributed by atoms with Gasteiger partial charge in [-0.25, -0.2) is 9.78 Å². The molecule has 1 aromatic heterocycles. The summed E-state index contributed by atoms with van der Waals surface area (Å²) in [5, 5.41) is 12.4. The number of unbranched alkanes of at least 4 members (excludes halogenated alkanes) is 2. The zero-order valence-electron chi connectivity index (χ0n) is 15.9. The smallest absolute Gasteiger partial charge is 0.335 e. The quantitative estimate of drug-likeness (QED) is 0.454. The maximum Gasteiger partial charge on any atom is 0.335 e. The van der Waals surface area contributed by atoms with Gasteiger partial charge in [-0.1, -0.05) is 18.2 Å². The van der Waals surface area contributed by atoms with Crippen LogP contribution in [0, 0.1) is 0 Å². The van der Waals surface area contributed by atoms with Crippen LogP contribution in [0.2, 0.25) is 0 Å². The van der Waals surface area contributed by atoms with E-state index in [2.05, 4.69) is 10.3 Å². The predicted molar refractivity (Wildman–Crippen MR) is 108 cm³/mol. The van der Waals surface area contributed by atoms with Gasteiger partial charge in [-0.3, -0.25) is 0 Å². The van der Waals surface area contributed by atoms with Crippen LogP contribution in [0.5, 0.6) is 5.75 Å². The van der Waals surface area contributed by atoms with E-state index < -0.39 is 5.97 Å². The predicted octanol–water partition coefficient (Wildman–Crippen LogP) is 4.30. The second kappa shape index (κ2) is 10.5. The van der Waals surface area contributed by atoms with Gasteiger partial charge in [-0.2, -0.15) is 0 Å². The Morgan fingerprint density at radius 1 is 1.04 bits per heavy atom. The Kier molecular flexibility index (Phi) is 7.44. The number of benzene rings is 2. The zero-order chi connectivity index (χ0) is 19.6. The largest absolute Gasteiger partial charge is 0.494 e. The molecule has 0 atom stereocenters. The Labute approximate surface area is 164 Å². The van der Waals surface area contributed by atoms with Crippen LogP contribution in [0.25, 0.3) is 11.1 Å². The van der Waals surface area contributed by atoms with Crippen LogP contribution < -0.4 is 10.1 Å². The Hall–Kier alpha value is -2.86. The average Bonchev–Trinajstić information content (AvgIpc) is 3.12. The molecule has 0 radical (unpaired) electrons. The normalized spacial score (nSPS) is 11.0. The van der Waals surface area contributed by atoms with Gasteiger partial charge in [0, 0.05) is 6.42 Å². The van der Waals surface area contributed by atoms with Crippen molar-refractivity contribution in [2.75, 3.05) is 19.7 Å². The summed E-state index contributed by atoms with van der Waals surface area (Å²) >= 11 is 0. The number of carboxylic acids is 1. The van der Waals surface area contributed by atoms with Crippen molar-refractivity contribution in [3.63, 3.8) is 0 Å². The molecule has 28 heavy (non-hydrogen) atoms. The molecule has 0 unspecified atom stereocenters. The molecule has 3 aromatic rings. The SMILES string of the molecule is O=C(O)c1cccc(OCCCCNCCCCc2nc3ccccc3o2)c1. The summed E-state index contributed by atoms with van der Waals surface area (Å²) in [5.74, 6) is 0.475. The van der Waals surface area contributed by atoms with Gasteiger partial charge < -0.3 is 19.6 Å². The van der Waals surface area contributed by atoms with E-state index >= 15 is 0 Å². The highest BCUT2D eigenvalue weighted by Crippen LogP contribution is 2.16. The molecule has 0 aliphatic heterocycles. The lowest BCUT2D eigenvalue weighted by molar-refractivity contribution is 0.0696. The number of carboxylic acid groups (broad SMARTS) is 1. The molecule has 0 amide bonds. The van der Waals surface area contributed by atoms with Crippen molar-refractivity contribution in [2.24, 2.45) is 0 Å². The molecule has 1 heterocycles. The van der Waals surface area contributed by atoms with Crippen LogP contribution in [-0.2, 0) is 6.42 Å². The Morgan fingerprint density at radius 3 is 2.68 bits per heavy atom.